The van der Waals surface area contributed by atoms with Gasteiger partial charge in [0.1, 0.15) is 7.85 Å². The average molecular weight is 330 g/mol. The van der Waals surface area contributed by atoms with Crippen LogP contribution in [0.15, 0.2) is 12.1 Å². The molecule has 2 fully saturated rings. The lowest BCUT2D eigenvalue weighted by molar-refractivity contribution is 0.0907. The Morgan fingerprint density at radius 2 is 1.71 bits per heavy atom. The second-order valence-electron chi connectivity index (χ2n) is 7.83. The Morgan fingerprint density at radius 1 is 1.08 bits per heavy atom. The first-order valence-corrected chi connectivity index (χ1v) is 9.56. The minimum Gasteiger partial charge on any atom is -0.353 e. The topological polar surface area (TPSA) is 42.0 Å². The predicted octanol–water partition coefficient (Wildman–Crippen LogP) is 3.68. The van der Waals surface area contributed by atoms with Gasteiger partial charge in [0.15, 0.2) is 11.5 Å². The molecule has 0 aromatic carbocycles. The van der Waals surface area contributed by atoms with E-state index in [2.05, 4.69) is 18.1 Å². The fourth-order valence-electron chi connectivity index (χ4n) is 4.21. The molecule has 3 rings (SSSR count). The van der Waals surface area contributed by atoms with Crippen molar-refractivity contribution in [3.63, 3.8) is 0 Å². The molecular formula is C19H28BFN2O. The second-order valence-corrected chi connectivity index (χ2v) is 7.83. The summed E-state index contributed by atoms with van der Waals surface area (Å²) >= 11 is 0. The molecule has 0 aliphatic heterocycles. The highest BCUT2D eigenvalue weighted by atomic mass is 19.1. The molecule has 1 aromatic heterocycles. The highest BCUT2D eigenvalue weighted by molar-refractivity contribution is 6.17. The van der Waals surface area contributed by atoms with Gasteiger partial charge in [-0.15, -0.1) is 0 Å². The number of hydrogen-bond acceptors (Lipinski definition) is 2. The summed E-state index contributed by atoms with van der Waals surface area (Å²) in [5, 5.41) is 3.10. The molecule has 5 heteroatoms. The molecular weight excluding hydrogens is 302 g/mol. The second kappa shape index (κ2) is 7.67. The molecule has 3 nitrogen and oxygen atoms in total. The molecule has 2 aliphatic carbocycles. The van der Waals surface area contributed by atoms with Gasteiger partial charge in [0.25, 0.3) is 5.91 Å². The number of nitrogens with one attached hydrogen (secondary N) is 1. The van der Waals surface area contributed by atoms with Crippen LogP contribution in [0.1, 0.15) is 92.7 Å². The van der Waals surface area contributed by atoms with E-state index < -0.39 is 5.82 Å². The normalized spacial score (nSPS) is 21.9. The lowest BCUT2D eigenvalue weighted by atomic mass is 9.69. The zero-order chi connectivity index (χ0) is 17.0. The number of nitrogens with zero attached hydrogens (tertiary/aromatic N) is 1. The van der Waals surface area contributed by atoms with E-state index >= 15 is 0 Å². The molecule has 1 aromatic rings. The number of rotatable bonds is 3. The van der Waals surface area contributed by atoms with E-state index in [0.717, 1.165) is 44.2 Å². The summed E-state index contributed by atoms with van der Waals surface area (Å²) in [5.74, 6) is -0.478. The Morgan fingerprint density at radius 3 is 2.38 bits per heavy atom. The largest absolute Gasteiger partial charge is 0.353 e. The first-order valence-electron chi connectivity index (χ1n) is 9.56. The van der Waals surface area contributed by atoms with Gasteiger partial charge in [-0.3, -0.25) is 4.79 Å². The summed E-state index contributed by atoms with van der Waals surface area (Å²) in [7, 11) is 2.09. The fraction of sp³-hybridized carbons (Fsp3) is 0.684. The van der Waals surface area contributed by atoms with Gasteiger partial charge in [-0.05, 0) is 37.8 Å². The summed E-state index contributed by atoms with van der Waals surface area (Å²) in [6.07, 6.45) is 12.5. The molecule has 24 heavy (non-hydrogen) atoms. The fourth-order valence-corrected chi connectivity index (χ4v) is 4.21. The standard InChI is InChI=1S/C19H28BFN2O/c20-19(12-6-2-1-3-7-13-19)23-18(24)17-15(21)10-11-16(22-17)14-8-4-5-9-14/h10-11,14H,1-9,12-13,20H2,(H,23,24). The predicted molar refractivity (Wildman–Crippen MR) is 96.5 cm³/mol. The van der Waals surface area contributed by atoms with Crippen LogP contribution in [-0.4, -0.2) is 24.2 Å². The van der Waals surface area contributed by atoms with Crippen LogP contribution in [0, 0.1) is 5.82 Å². The zero-order valence-corrected chi connectivity index (χ0v) is 14.7. The van der Waals surface area contributed by atoms with Crippen molar-refractivity contribution in [3.8, 4) is 0 Å². The minimum absolute atomic E-state index is 0.0253. The van der Waals surface area contributed by atoms with E-state index in [1.54, 1.807) is 6.07 Å². The number of aromatic nitrogens is 1. The summed E-state index contributed by atoms with van der Waals surface area (Å²) in [6, 6.07) is 3.16. The smallest absolute Gasteiger partial charge is 0.272 e. The maximum atomic E-state index is 14.2. The van der Waals surface area contributed by atoms with Crippen molar-refractivity contribution in [3.05, 3.63) is 29.3 Å². The monoisotopic (exact) mass is 330 g/mol. The maximum absolute atomic E-state index is 14.2. The van der Waals surface area contributed by atoms with Crippen molar-refractivity contribution in [2.45, 2.75) is 82.0 Å². The van der Waals surface area contributed by atoms with Gasteiger partial charge in [-0.2, -0.15) is 0 Å². The molecule has 2 saturated carbocycles. The van der Waals surface area contributed by atoms with E-state index in [9.17, 15) is 9.18 Å². The highest BCUT2D eigenvalue weighted by Gasteiger charge is 2.29. The van der Waals surface area contributed by atoms with Gasteiger partial charge >= 0.3 is 0 Å². The Hall–Kier alpha value is -1.39. The van der Waals surface area contributed by atoms with E-state index in [1.807, 2.05) is 0 Å². The van der Waals surface area contributed by atoms with Gasteiger partial charge in [0.05, 0.1) is 0 Å². The highest BCUT2D eigenvalue weighted by Crippen LogP contribution is 2.33. The third-order valence-electron chi connectivity index (χ3n) is 5.73. The van der Waals surface area contributed by atoms with Crippen molar-refractivity contribution >= 4 is 13.8 Å². The molecule has 0 radical (unpaired) electrons. The van der Waals surface area contributed by atoms with Crippen LogP contribution in [-0.2, 0) is 0 Å². The Bertz CT molecular complexity index is 579. The lowest BCUT2D eigenvalue weighted by Gasteiger charge is -2.33. The molecule has 130 valence electrons. The SMILES string of the molecule is BC1(NC(=O)c2nc(C3CCCC3)ccc2F)CCCCCCC1. The number of pyridine rings is 1. The van der Waals surface area contributed by atoms with Gasteiger partial charge in [0.2, 0.25) is 0 Å². The molecule has 2 aliphatic rings. The quantitative estimate of drug-likeness (QED) is 0.859. The van der Waals surface area contributed by atoms with Crippen LogP contribution >= 0.6 is 0 Å². The zero-order valence-electron chi connectivity index (χ0n) is 14.7. The number of halogens is 1. The van der Waals surface area contributed by atoms with Gasteiger partial charge < -0.3 is 5.32 Å². The lowest BCUT2D eigenvalue weighted by Crippen LogP contribution is -2.49. The van der Waals surface area contributed by atoms with Crippen LogP contribution in [0.25, 0.3) is 0 Å². The van der Waals surface area contributed by atoms with Crippen LogP contribution < -0.4 is 5.32 Å². The summed E-state index contributed by atoms with van der Waals surface area (Å²) < 4.78 is 14.2. The van der Waals surface area contributed by atoms with Gasteiger partial charge in [-0.1, -0.05) is 44.9 Å². The Kier molecular flexibility index (Phi) is 5.57. The van der Waals surface area contributed by atoms with Crippen molar-refractivity contribution in [2.24, 2.45) is 0 Å². The third-order valence-corrected chi connectivity index (χ3v) is 5.73. The van der Waals surface area contributed by atoms with Crippen LogP contribution in [0.4, 0.5) is 4.39 Å². The van der Waals surface area contributed by atoms with Crippen LogP contribution in [0.3, 0.4) is 0 Å². The number of amides is 1. The maximum Gasteiger partial charge on any atom is 0.272 e. The summed E-state index contributed by atoms with van der Waals surface area (Å²) in [4.78, 5) is 17.1. The number of carbonyl (C=O) groups is 1. The first kappa shape index (κ1) is 17.4. The molecule has 0 unspecified atom stereocenters. The molecule has 0 atom stereocenters. The molecule has 1 amide bonds. The first-order chi connectivity index (χ1) is 11.6. The van der Waals surface area contributed by atoms with E-state index in [-0.39, 0.29) is 17.0 Å². The summed E-state index contributed by atoms with van der Waals surface area (Å²) in [5.41, 5.74) is 0.610. The molecule has 0 saturated heterocycles. The van der Waals surface area contributed by atoms with Gasteiger partial charge in [0, 0.05) is 17.1 Å². The third kappa shape index (κ3) is 4.17. The van der Waals surface area contributed by atoms with Crippen molar-refractivity contribution in [1.82, 2.24) is 10.3 Å². The van der Waals surface area contributed by atoms with E-state index in [0.29, 0.717) is 5.92 Å². The van der Waals surface area contributed by atoms with Crippen molar-refractivity contribution in [1.29, 1.82) is 0 Å². The number of carbonyl (C=O) groups excluding carboxylic acids is 1. The van der Waals surface area contributed by atoms with E-state index in [4.69, 9.17) is 0 Å². The Balaban J connectivity index is 1.74. The van der Waals surface area contributed by atoms with Crippen LogP contribution in [0.2, 0.25) is 0 Å². The molecule has 0 bridgehead atoms. The van der Waals surface area contributed by atoms with Crippen molar-refractivity contribution < 1.29 is 9.18 Å². The van der Waals surface area contributed by atoms with Gasteiger partial charge in [-0.25, -0.2) is 9.37 Å². The Labute approximate surface area is 145 Å². The molecule has 1 heterocycles. The average Bonchev–Trinajstić information content (AvgIpc) is 3.06. The molecule has 0 spiro atoms. The molecule has 1 N–H and O–H groups in total. The minimum atomic E-state index is -0.510. The van der Waals surface area contributed by atoms with Crippen molar-refractivity contribution in [2.75, 3.05) is 0 Å². The van der Waals surface area contributed by atoms with Crippen LogP contribution in [0.5, 0.6) is 0 Å². The number of hydrogen-bond donors (Lipinski definition) is 1. The summed E-state index contributed by atoms with van der Waals surface area (Å²) in [6.45, 7) is 0. The van der Waals surface area contributed by atoms with E-state index in [1.165, 1.54) is 38.2 Å².